The van der Waals surface area contributed by atoms with Crippen molar-refractivity contribution in [3.05, 3.63) is 46.4 Å². The Kier molecular flexibility index (Phi) is 4.20. The normalized spacial score (nSPS) is 16.1. The van der Waals surface area contributed by atoms with Gasteiger partial charge in [-0.05, 0) is 25.0 Å². The number of piperidine rings is 1. The van der Waals surface area contributed by atoms with E-state index < -0.39 is 29.5 Å². The van der Waals surface area contributed by atoms with Crippen molar-refractivity contribution >= 4 is 11.4 Å². The van der Waals surface area contributed by atoms with Crippen molar-refractivity contribution in [1.82, 2.24) is 29.3 Å². The summed E-state index contributed by atoms with van der Waals surface area (Å²) in [7, 11) is 0. The fraction of sp³-hybridized carbons (Fsp3) is 0.375. The molecule has 0 aromatic carbocycles. The van der Waals surface area contributed by atoms with Crippen LogP contribution in [0.1, 0.15) is 23.2 Å². The van der Waals surface area contributed by atoms with Crippen molar-refractivity contribution in [3.8, 4) is 5.95 Å². The molecule has 12 heteroatoms. The standard InChI is InChI=1S/C16H14F4N6O2/c17-12-2-1-11-13(27)22-15(23-26(11)12)25-8-9(7-21-25)14(28)24-5-3-10(4-6-24)16(18,19)20/h1-2,7-8,10H,3-6H2,(H,22,23,27). The molecule has 0 saturated carbocycles. The monoisotopic (exact) mass is 398 g/mol. The molecule has 1 aliphatic rings. The van der Waals surface area contributed by atoms with E-state index in [1.165, 1.54) is 23.4 Å². The number of nitrogens with zero attached hydrogens (tertiary/aromatic N) is 5. The van der Waals surface area contributed by atoms with Crippen LogP contribution in [0.3, 0.4) is 0 Å². The van der Waals surface area contributed by atoms with Gasteiger partial charge in [-0.1, -0.05) is 0 Å². The first-order valence-corrected chi connectivity index (χ1v) is 8.42. The lowest BCUT2D eigenvalue weighted by Gasteiger charge is -2.32. The quantitative estimate of drug-likeness (QED) is 0.667. The maximum absolute atomic E-state index is 13.7. The predicted molar refractivity (Wildman–Crippen MR) is 87.6 cm³/mol. The van der Waals surface area contributed by atoms with Gasteiger partial charge in [0.15, 0.2) is 0 Å². The molecular formula is C16H14F4N6O2. The molecule has 0 spiro atoms. The third kappa shape index (κ3) is 3.14. The van der Waals surface area contributed by atoms with Gasteiger partial charge in [0.2, 0.25) is 11.9 Å². The number of halogens is 4. The van der Waals surface area contributed by atoms with Gasteiger partial charge < -0.3 is 4.90 Å². The van der Waals surface area contributed by atoms with Crippen LogP contribution in [0.15, 0.2) is 29.3 Å². The third-order valence-corrected chi connectivity index (χ3v) is 4.75. The molecule has 1 aliphatic heterocycles. The van der Waals surface area contributed by atoms with Gasteiger partial charge in [-0.25, -0.2) is 4.68 Å². The average Bonchev–Trinajstić information content (AvgIpc) is 3.28. The number of aromatic nitrogens is 5. The van der Waals surface area contributed by atoms with Gasteiger partial charge in [-0.2, -0.15) is 27.2 Å². The van der Waals surface area contributed by atoms with Crippen molar-refractivity contribution in [2.24, 2.45) is 5.92 Å². The highest BCUT2D eigenvalue weighted by molar-refractivity contribution is 5.93. The maximum Gasteiger partial charge on any atom is 0.391 e. The van der Waals surface area contributed by atoms with Gasteiger partial charge in [0.25, 0.3) is 11.5 Å². The van der Waals surface area contributed by atoms with E-state index in [1.54, 1.807) is 0 Å². The van der Waals surface area contributed by atoms with Gasteiger partial charge in [0.1, 0.15) is 5.52 Å². The number of hydrogen-bond acceptors (Lipinski definition) is 4. The second-order valence-electron chi connectivity index (χ2n) is 6.51. The lowest BCUT2D eigenvalue weighted by atomic mass is 9.96. The van der Waals surface area contributed by atoms with E-state index >= 15 is 0 Å². The molecule has 0 unspecified atom stereocenters. The van der Waals surface area contributed by atoms with E-state index in [9.17, 15) is 27.2 Å². The van der Waals surface area contributed by atoms with Crippen LogP contribution in [-0.2, 0) is 0 Å². The van der Waals surface area contributed by atoms with Crippen LogP contribution in [-0.4, -0.2) is 54.5 Å². The van der Waals surface area contributed by atoms with E-state index in [0.717, 1.165) is 15.3 Å². The van der Waals surface area contributed by atoms with E-state index in [1.807, 2.05) is 0 Å². The van der Waals surface area contributed by atoms with Gasteiger partial charge >= 0.3 is 6.18 Å². The Labute approximate surface area is 154 Å². The molecule has 3 aromatic heterocycles. The molecule has 0 aliphatic carbocycles. The Morgan fingerprint density at radius 3 is 2.61 bits per heavy atom. The first-order valence-electron chi connectivity index (χ1n) is 8.42. The summed E-state index contributed by atoms with van der Waals surface area (Å²) >= 11 is 0. The van der Waals surface area contributed by atoms with Crippen LogP contribution in [0.4, 0.5) is 17.6 Å². The van der Waals surface area contributed by atoms with Crippen molar-refractivity contribution in [1.29, 1.82) is 0 Å². The smallest absolute Gasteiger partial charge is 0.339 e. The molecule has 1 N–H and O–H groups in total. The van der Waals surface area contributed by atoms with Gasteiger partial charge in [0.05, 0.1) is 17.7 Å². The van der Waals surface area contributed by atoms with Crippen LogP contribution >= 0.6 is 0 Å². The maximum atomic E-state index is 13.7. The first-order chi connectivity index (χ1) is 13.2. The zero-order valence-electron chi connectivity index (χ0n) is 14.3. The topological polar surface area (TPSA) is 88.3 Å². The summed E-state index contributed by atoms with van der Waals surface area (Å²) in [6.45, 7) is -0.0202. The summed E-state index contributed by atoms with van der Waals surface area (Å²) in [5.74, 6) is -2.72. The SMILES string of the molecule is O=C(c1cnn(-c2nn3c(F)ccc3c(=O)[nH]2)c1)N1CCC(C(F)(F)F)CC1. The van der Waals surface area contributed by atoms with Crippen molar-refractivity contribution < 1.29 is 22.4 Å². The molecule has 0 atom stereocenters. The molecule has 8 nitrogen and oxygen atoms in total. The zero-order chi connectivity index (χ0) is 20.1. The summed E-state index contributed by atoms with van der Waals surface area (Å²) in [6, 6.07) is 2.36. The first kappa shape index (κ1) is 18.2. The van der Waals surface area contributed by atoms with Crippen LogP contribution in [0.2, 0.25) is 0 Å². The van der Waals surface area contributed by atoms with Crippen LogP contribution in [0.5, 0.6) is 0 Å². The fourth-order valence-electron chi connectivity index (χ4n) is 3.21. The van der Waals surface area contributed by atoms with E-state index in [0.29, 0.717) is 0 Å². The molecule has 4 rings (SSSR count). The number of rotatable bonds is 2. The lowest BCUT2D eigenvalue weighted by molar-refractivity contribution is -0.183. The molecule has 0 bridgehead atoms. The Morgan fingerprint density at radius 2 is 1.93 bits per heavy atom. The Hall–Kier alpha value is -3.18. The molecule has 3 aromatic rings. The fourth-order valence-corrected chi connectivity index (χ4v) is 3.21. The summed E-state index contributed by atoms with van der Waals surface area (Å²) in [6.07, 6.45) is -2.06. The molecule has 0 radical (unpaired) electrons. The van der Waals surface area contributed by atoms with Crippen molar-refractivity contribution in [2.75, 3.05) is 13.1 Å². The van der Waals surface area contributed by atoms with Gasteiger partial charge in [-0.3, -0.25) is 14.6 Å². The second-order valence-corrected chi connectivity index (χ2v) is 6.51. The summed E-state index contributed by atoms with van der Waals surface area (Å²) in [5, 5.41) is 7.86. The van der Waals surface area contributed by atoms with E-state index in [4.69, 9.17) is 0 Å². The number of fused-ring (bicyclic) bond motifs is 1. The van der Waals surface area contributed by atoms with E-state index in [2.05, 4.69) is 15.2 Å². The number of amides is 1. The number of alkyl halides is 3. The molecular weight excluding hydrogens is 384 g/mol. The summed E-state index contributed by atoms with van der Waals surface area (Å²) in [5.41, 5.74) is -0.454. The number of likely N-dealkylation sites (tertiary alicyclic amines) is 1. The Balaban J connectivity index is 1.54. The van der Waals surface area contributed by atoms with Gasteiger partial charge in [-0.15, -0.1) is 5.10 Å². The lowest BCUT2D eigenvalue weighted by Crippen LogP contribution is -2.42. The molecule has 1 saturated heterocycles. The van der Waals surface area contributed by atoms with E-state index in [-0.39, 0.29) is 43.0 Å². The number of nitrogens with one attached hydrogen (secondary N) is 1. The molecule has 4 heterocycles. The number of carbonyl (C=O) groups excluding carboxylic acids is 1. The van der Waals surface area contributed by atoms with Crippen molar-refractivity contribution in [2.45, 2.75) is 19.0 Å². The van der Waals surface area contributed by atoms with Crippen LogP contribution < -0.4 is 5.56 Å². The molecule has 1 amide bonds. The minimum Gasteiger partial charge on any atom is -0.339 e. The zero-order valence-corrected chi connectivity index (χ0v) is 14.3. The highest BCUT2D eigenvalue weighted by atomic mass is 19.4. The van der Waals surface area contributed by atoms with Crippen LogP contribution in [0, 0.1) is 11.9 Å². The minimum absolute atomic E-state index is 0.0101. The third-order valence-electron chi connectivity index (χ3n) is 4.75. The summed E-state index contributed by atoms with van der Waals surface area (Å²) in [4.78, 5) is 28.3. The summed E-state index contributed by atoms with van der Waals surface area (Å²) < 4.78 is 53.8. The molecule has 1 fully saturated rings. The second kappa shape index (κ2) is 6.46. The minimum atomic E-state index is -4.26. The number of H-pyrrole nitrogens is 1. The Bertz CT molecular complexity index is 1090. The average molecular weight is 398 g/mol. The number of carbonyl (C=O) groups is 1. The number of hydrogen-bond donors (Lipinski definition) is 1. The highest BCUT2D eigenvalue weighted by Gasteiger charge is 2.41. The Morgan fingerprint density at radius 1 is 1.21 bits per heavy atom. The largest absolute Gasteiger partial charge is 0.391 e. The number of aromatic amines is 1. The van der Waals surface area contributed by atoms with Crippen LogP contribution in [0.25, 0.3) is 11.5 Å². The predicted octanol–water partition coefficient (Wildman–Crippen LogP) is 1.76. The molecule has 28 heavy (non-hydrogen) atoms. The molecule has 148 valence electrons. The highest BCUT2D eigenvalue weighted by Crippen LogP contribution is 2.34. The van der Waals surface area contributed by atoms with Gasteiger partial charge in [0, 0.05) is 19.3 Å². The van der Waals surface area contributed by atoms with Crippen molar-refractivity contribution in [3.63, 3.8) is 0 Å².